The van der Waals surface area contributed by atoms with Gasteiger partial charge in [0.2, 0.25) is 0 Å². The molecule has 0 fully saturated rings. The first-order chi connectivity index (χ1) is 11.5. The number of nitrogens with two attached hydrogens (primary N) is 1. The fourth-order valence-electron chi connectivity index (χ4n) is 2.19. The molecule has 1 amide bonds. The number of ether oxygens (including phenoxy) is 1. The molecule has 2 aromatic rings. The molecule has 0 aliphatic rings. The SMILES string of the molecule is COC(=O)c1ccc(C(=O)Nc2nc(C)c(CCCCN)s2)cc1. The van der Waals surface area contributed by atoms with Gasteiger partial charge in [0.1, 0.15) is 0 Å². The van der Waals surface area contributed by atoms with Crippen molar-refractivity contribution in [3.05, 3.63) is 46.0 Å². The zero-order valence-electron chi connectivity index (χ0n) is 13.8. The second-order valence-electron chi connectivity index (χ2n) is 5.30. The third-order valence-electron chi connectivity index (χ3n) is 3.54. The molecule has 1 aromatic heterocycles. The number of esters is 1. The summed E-state index contributed by atoms with van der Waals surface area (Å²) in [6.07, 6.45) is 2.91. The van der Waals surface area contributed by atoms with E-state index in [1.54, 1.807) is 24.3 Å². The van der Waals surface area contributed by atoms with E-state index in [-0.39, 0.29) is 5.91 Å². The normalized spacial score (nSPS) is 10.5. The molecular weight excluding hydrogens is 326 g/mol. The molecule has 0 saturated carbocycles. The molecule has 24 heavy (non-hydrogen) atoms. The Morgan fingerprint density at radius 2 is 1.88 bits per heavy atom. The van der Waals surface area contributed by atoms with E-state index in [9.17, 15) is 9.59 Å². The summed E-state index contributed by atoms with van der Waals surface area (Å²) in [4.78, 5) is 29.2. The number of nitrogens with zero attached hydrogens (tertiary/aromatic N) is 1. The highest BCUT2D eigenvalue weighted by atomic mass is 32.1. The zero-order chi connectivity index (χ0) is 17.5. The van der Waals surface area contributed by atoms with Crippen molar-refractivity contribution in [3.63, 3.8) is 0 Å². The predicted octanol–water partition coefficient (Wildman–Crippen LogP) is 2.77. The Bertz CT molecular complexity index is 710. The van der Waals surface area contributed by atoms with Crippen molar-refractivity contribution in [3.8, 4) is 0 Å². The van der Waals surface area contributed by atoms with Crippen LogP contribution in [-0.2, 0) is 11.2 Å². The van der Waals surface area contributed by atoms with E-state index < -0.39 is 5.97 Å². The van der Waals surface area contributed by atoms with Crippen LogP contribution in [0.3, 0.4) is 0 Å². The third-order valence-corrected chi connectivity index (χ3v) is 4.67. The lowest BCUT2D eigenvalue weighted by Crippen LogP contribution is -2.12. The summed E-state index contributed by atoms with van der Waals surface area (Å²) in [5.74, 6) is -0.687. The van der Waals surface area contributed by atoms with Crippen molar-refractivity contribution in [1.82, 2.24) is 4.98 Å². The van der Waals surface area contributed by atoms with Crippen LogP contribution in [0.1, 0.15) is 44.1 Å². The van der Waals surface area contributed by atoms with Gasteiger partial charge >= 0.3 is 5.97 Å². The minimum atomic E-state index is -0.431. The highest BCUT2D eigenvalue weighted by Crippen LogP contribution is 2.24. The van der Waals surface area contributed by atoms with Gasteiger partial charge in [-0.2, -0.15) is 0 Å². The van der Waals surface area contributed by atoms with Gasteiger partial charge in [-0.1, -0.05) is 0 Å². The van der Waals surface area contributed by atoms with Crippen LogP contribution in [0.2, 0.25) is 0 Å². The highest BCUT2D eigenvalue weighted by Gasteiger charge is 2.13. The maximum absolute atomic E-state index is 12.3. The van der Waals surface area contributed by atoms with Crippen LogP contribution in [0.15, 0.2) is 24.3 Å². The number of carbonyl (C=O) groups excluding carboxylic acids is 2. The van der Waals surface area contributed by atoms with Crippen molar-refractivity contribution in [2.75, 3.05) is 19.0 Å². The number of aromatic nitrogens is 1. The molecule has 0 aliphatic carbocycles. The molecule has 0 saturated heterocycles. The molecule has 128 valence electrons. The molecule has 1 aromatic carbocycles. The van der Waals surface area contributed by atoms with Crippen LogP contribution in [0, 0.1) is 6.92 Å². The van der Waals surface area contributed by atoms with Gasteiger partial charge in [-0.3, -0.25) is 10.1 Å². The molecule has 3 N–H and O–H groups in total. The second-order valence-corrected chi connectivity index (χ2v) is 6.38. The standard InChI is InChI=1S/C17H21N3O3S/c1-11-14(5-3-4-10-18)24-17(19-11)20-15(21)12-6-8-13(9-7-12)16(22)23-2/h6-9H,3-5,10,18H2,1-2H3,(H,19,20,21). The lowest BCUT2D eigenvalue weighted by atomic mass is 10.1. The first-order valence-corrected chi connectivity index (χ1v) is 8.53. The predicted molar refractivity (Wildman–Crippen MR) is 94.6 cm³/mol. The van der Waals surface area contributed by atoms with Gasteiger partial charge in [0.25, 0.3) is 5.91 Å². The minimum absolute atomic E-state index is 0.256. The highest BCUT2D eigenvalue weighted by molar-refractivity contribution is 7.15. The maximum Gasteiger partial charge on any atom is 0.337 e. The average molecular weight is 347 g/mol. The van der Waals surface area contributed by atoms with Crippen LogP contribution < -0.4 is 11.1 Å². The summed E-state index contributed by atoms with van der Waals surface area (Å²) in [5, 5.41) is 3.38. The van der Waals surface area contributed by atoms with E-state index in [0.717, 1.165) is 25.0 Å². The first kappa shape index (κ1) is 18.1. The number of aryl methyl sites for hydroxylation is 2. The molecule has 0 atom stereocenters. The number of nitrogens with one attached hydrogen (secondary N) is 1. The number of hydrogen-bond acceptors (Lipinski definition) is 6. The summed E-state index contributed by atoms with van der Waals surface area (Å²) < 4.78 is 4.63. The van der Waals surface area contributed by atoms with Crippen molar-refractivity contribution < 1.29 is 14.3 Å². The van der Waals surface area contributed by atoms with E-state index >= 15 is 0 Å². The van der Waals surface area contributed by atoms with Gasteiger partial charge in [0.05, 0.1) is 18.4 Å². The van der Waals surface area contributed by atoms with E-state index in [4.69, 9.17) is 5.73 Å². The van der Waals surface area contributed by atoms with Crippen molar-refractivity contribution in [1.29, 1.82) is 0 Å². The largest absolute Gasteiger partial charge is 0.465 e. The topological polar surface area (TPSA) is 94.3 Å². The van der Waals surface area contributed by atoms with Crippen LogP contribution in [0.25, 0.3) is 0 Å². The Morgan fingerprint density at radius 1 is 1.21 bits per heavy atom. The van der Waals surface area contributed by atoms with E-state index in [2.05, 4.69) is 15.0 Å². The molecule has 0 radical (unpaired) electrons. The lowest BCUT2D eigenvalue weighted by Gasteiger charge is -2.03. The van der Waals surface area contributed by atoms with Gasteiger partial charge in [0, 0.05) is 10.4 Å². The number of benzene rings is 1. The Balaban J connectivity index is 2.01. The number of thiazole rings is 1. The smallest absolute Gasteiger partial charge is 0.337 e. The van der Waals surface area contributed by atoms with Crippen LogP contribution >= 0.6 is 11.3 Å². The Kier molecular flexibility index (Phi) is 6.45. The minimum Gasteiger partial charge on any atom is -0.465 e. The Labute approximate surface area is 145 Å². The van der Waals surface area contributed by atoms with Gasteiger partial charge < -0.3 is 10.5 Å². The van der Waals surface area contributed by atoms with Crippen LogP contribution in [0.4, 0.5) is 5.13 Å². The van der Waals surface area contributed by atoms with Crippen LogP contribution in [-0.4, -0.2) is 30.5 Å². The summed E-state index contributed by atoms with van der Waals surface area (Å²) >= 11 is 1.49. The van der Waals surface area contributed by atoms with E-state index in [0.29, 0.717) is 22.8 Å². The number of rotatable bonds is 7. The number of anilines is 1. The zero-order valence-corrected chi connectivity index (χ0v) is 14.6. The van der Waals surface area contributed by atoms with Crippen molar-refractivity contribution in [2.24, 2.45) is 5.73 Å². The van der Waals surface area contributed by atoms with Gasteiger partial charge in [-0.15, -0.1) is 11.3 Å². The monoisotopic (exact) mass is 347 g/mol. The number of carbonyl (C=O) groups is 2. The summed E-state index contributed by atoms with van der Waals surface area (Å²) in [7, 11) is 1.32. The molecular formula is C17H21N3O3S. The fourth-order valence-corrected chi connectivity index (χ4v) is 3.19. The maximum atomic E-state index is 12.3. The molecule has 2 rings (SSSR count). The van der Waals surface area contributed by atoms with Crippen molar-refractivity contribution in [2.45, 2.75) is 26.2 Å². The number of hydrogen-bond donors (Lipinski definition) is 2. The lowest BCUT2D eigenvalue weighted by molar-refractivity contribution is 0.0600. The fraction of sp³-hybridized carbons (Fsp3) is 0.353. The van der Waals surface area contributed by atoms with Crippen LogP contribution in [0.5, 0.6) is 0 Å². The van der Waals surface area contributed by atoms with Gasteiger partial charge in [-0.25, -0.2) is 9.78 Å². The summed E-state index contributed by atoms with van der Waals surface area (Å²) in [6.45, 7) is 2.62. The molecule has 6 nitrogen and oxygen atoms in total. The molecule has 0 unspecified atom stereocenters. The summed E-state index contributed by atoms with van der Waals surface area (Å²) in [6, 6.07) is 6.30. The number of unbranched alkanes of at least 4 members (excludes halogenated alkanes) is 1. The second kappa shape index (κ2) is 8.56. The quantitative estimate of drug-likeness (QED) is 0.593. The van der Waals surface area contributed by atoms with Crippen molar-refractivity contribution >= 4 is 28.3 Å². The molecule has 1 heterocycles. The van der Waals surface area contributed by atoms with E-state index in [1.807, 2.05) is 6.92 Å². The van der Waals surface area contributed by atoms with Gasteiger partial charge in [0.15, 0.2) is 5.13 Å². The summed E-state index contributed by atoms with van der Waals surface area (Å²) in [5.41, 5.74) is 7.31. The number of methoxy groups -OCH3 is 1. The first-order valence-electron chi connectivity index (χ1n) is 7.71. The Morgan fingerprint density at radius 3 is 2.50 bits per heavy atom. The van der Waals surface area contributed by atoms with Gasteiger partial charge in [-0.05, 0) is 57.0 Å². The molecule has 0 spiro atoms. The number of amides is 1. The third kappa shape index (κ3) is 4.62. The Hall–Kier alpha value is -2.25. The molecule has 7 heteroatoms. The molecule has 0 aliphatic heterocycles. The van der Waals surface area contributed by atoms with E-state index in [1.165, 1.54) is 23.3 Å². The molecule has 0 bridgehead atoms. The average Bonchev–Trinajstić information content (AvgIpc) is 2.94.